The monoisotopic (exact) mass is 214 g/mol. The Morgan fingerprint density at radius 3 is 1.88 bits per heavy atom. The molecule has 84 valence electrons. The van der Waals surface area contributed by atoms with Crippen LogP contribution >= 0.6 is 0 Å². The zero-order chi connectivity index (χ0) is 12.2. The van der Waals surface area contributed by atoms with Gasteiger partial charge in [-0.25, -0.2) is 0 Å². The molecule has 0 fully saturated rings. The number of hydrogen-bond donors (Lipinski definition) is 0. The van der Waals surface area contributed by atoms with E-state index in [1.54, 1.807) is 18.2 Å². The molecule has 0 aliphatic rings. The highest BCUT2D eigenvalue weighted by molar-refractivity contribution is 5.24. The van der Waals surface area contributed by atoms with Gasteiger partial charge in [0, 0.05) is 0 Å². The van der Waals surface area contributed by atoms with E-state index in [9.17, 15) is 0 Å². The Morgan fingerprint density at radius 1 is 0.875 bits per heavy atom. The predicted octanol–water partition coefficient (Wildman–Crippen LogP) is 4.46. The van der Waals surface area contributed by atoms with Crippen LogP contribution in [0.5, 0.6) is 0 Å². The third-order valence-corrected chi connectivity index (χ3v) is 1.60. The summed E-state index contributed by atoms with van der Waals surface area (Å²) in [6.45, 7) is 12.9. The summed E-state index contributed by atoms with van der Waals surface area (Å²) in [4.78, 5) is 0. The van der Waals surface area contributed by atoms with Crippen LogP contribution in [0.25, 0.3) is 0 Å². The lowest BCUT2D eigenvalue weighted by Gasteiger charge is -2.05. The van der Waals surface area contributed by atoms with E-state index in [-0.39, 0.29) is 0 Å². The van der Waals surface area contributed by atoms with Gasteiger partial charge in [-0.1, -0.05) is 50.1 Å². The van der Waals surface area contributed by atoms with Crippen molar-refractivity contribution < 1.29 is 4.74 Å². The standard InChI is InChI=1S/C15H18O/c1-5-9-11-13-15(8-4)16-14(7-3)12-10-6-2/h5-13H,1,3-4H2,2H3/b10-6-,11-9-,14-12+,15-13+. The van der Waals surface area contributed by atoms with Crippen LogP contribution in [-0.4, -0.2) is 0 Å². The van der Waals surface area contributed by atoms with Crippen molar-refractivity contribution in [1.82, 2.24) is 0 Å². The molecule has 0 N–H and O–H groups in total. The molecule has 0 spiro atoms. The Morgan fingerprint density at radius 2 is 1.44 bits per heavy atom. The fourth-order valence-electron chi connectivity index (χ4n) is 0.844. The van der Waals surface area contributed by atoms with Crippen LogP contribution in [0.1, 0.15) is 6.92 Å². The van der Waals surface area contributed by atoms with Gasteiger partial charge in [-0.15, -0.1) is 0 Å². The molecule has 0 amide bonds. The van der Waals surface area contributed by atoms with Gasteiger partial charge in [-0.3, -0.25) is 0 Å². The van der Waals surface area contributed by atoms with Crippen molar-refractivity contribution in [2.45, 2.75) is 6.92 Å². The van der Waals surface area contributed by atoms with Crippen molar-refractivity contribution in [3.8, 4) is 0 Å². The Hall–Kier alpha value is -2.02. The van der Waals surface area contributed by atoms with Crippen molar-refractivity contribution in [3.63, 3.8) is 0 Å². The first-order valence-corrected chi connectivity index (χ1v) is 5.03. The van der Waals surface area contributed by atoms with Gasteiger partial charge in [-0.2, -0.15) is 0 Å². The van der Waals surface area contributed by atoms with E-state index in [4.69, 9.17) is 4.74 Å². The highest BCUT2D eigenvalue weighted by atomic mass is 16.5. The van der Waals surface area contributed by atoms with E-state index >= 15 is 0 Å². The van der Waals surface area contributed by atoms with E-state index in [0.29, 0.717) is 11.5 Å². The van der Waals surface area contributed by atoms with Gasteiger partial charge in [0.05, 0.1) is 0 Å². The average Bonchev–Trinajstić information content (AvgIpc) is 2.32. The third kappa shape index (κ3) is 6.44. The Labute approximate surface area is 98.1 Å². The van der Waals surface area contributed by atoms with Crippen molar-refractivity contribution in [3.05, 3.63) is 85.9 Å². The molecule has 0 heterocycles. The predicted molar refractivity (Wildman–Crippen MR) is 71.8 cm³/mol. The van der Waals surface area contributed by atoms with Gasteiger partial charge in [0.1, 0.15) is 11.5 Å². The first-order chi connectivity index (χ1) is 7.78. The smallest absolute Gasteiger partial charge is 0.126 e. The second-order valence-electron chi connectivity index (χ2n) is 2.79. The molecule has 0 atom stereocenters. The molecule has 0 unspecified atom stereocenters. The van der Waals surface area contributed by atoms with Crippen molar-refractivity contribution in [2.75, 3.05) is 0 Å². The Bertz CT molecular complexity index is 352. The van der Waals surface area contributed by atoms with E-state index in [1.165, 1.54) is 0 Å². The summed E-state index contributed by atoms with van der Waals surface area (Å²) in [5, 5.41) is 0. The SMILES string of the molecule is C=C/C=C\C=C(/C=C)O/C(C=C)=C/C=C\C. The summed E-state index contributed by atoms with van der Waals surface area (Å²) in [6.07, 6.45) is 16.1. The third-order valence-electron chi connectivity index (χ3n) is 1.60. The highest BCUT2D eigenvalue weighted by Crippen LogP contribution is 2.09. The molecule has 0 aromatic rings. The Kier molecular flexibility index (Phi) is 8.33. The summed E-state index contributed by atoms with van der Waals surface area (Å²) >= 11 is 0. The molecular formula is C15H18O. The van der Waals surface area contributed by atoms with Crippen LogP contribution in [0.2, 0.25) is 0 Å². The lowest BCUT2D eigenvalue weighted by Crippen LogP contribution is -1.87. The molecule has 0 saturated heterocycles. The van der Waals surface area contributed by atoms with Crippen LogP contribution in [-0.2, 0) is 4.74 Å². The minimum Gasteiger partial charge on any atom is -0.457 e. The number of ether oxygens (including phenoxy) is 1. The molecular weight excluding hydrogens is 196 g/mol. The van der Waals surface area contributed by atoms with E-state index in [0.717, 1.165) is 0 Å². The molecule has 0 radical (unpaired) electrons. The second-order valence-corrected chi connectivity index (χ2v) is 2.79. The number of allylic oxidation sites excluding steroid dienone is 9. The summed E-state index contributed by atoms with van der Waals surface area (Å²) in [7, 11) is 0. The minimum absolute atomic E-state index is 0.661. The lowest BCUT2D eigenvalue weighted by molar-refractivity contribution is 0.337. The fourth-order valence-corrected chi connectivity index (χ4v) is 0.844. The summed E-state index contributed by atoms with van der Waals surface area (Å²) in [6, 6.07) is 0. The summed E-state index contributed by atoms with van der Waals surface area (Å²) in [5.41, 5.74) is 0. The van der Waals surface area contributed by atoms with Crippen LogP contribution in [0.3, 0.4) is 0 Å². The molecule has 0 bridgehead atoms. The van der Waals surface area contributed by atoms with Gasteiger partial charge in [-0.05, 0) is 31.2 Å². The first kappa shape index (κ1) is 14.0. The molecule has 0 rings (SSSR count). The molecule has 0 aromatic carbocycles. The number of hydrogen-bond acceptors (Lipinski definition) is 1. The molecule has 1 heteroatoms. The topological polar surface area (TPSA) is 9.23 Å². The lowest BCUT2D eigenvalue weighted by atomic mass is 10.3. The van der Waals surface area contributed by atoms with E-state index in [2.05, 4.69) is 19.7 Å². The first-order valence-electron chi connectivity index (χ1n) is 5.03. The largest absolute Gasteiger partial charge is 0.457 e. The van der Waals surface area contributed by atoms with E-state index in [1.807, 2.05) is 43.4 Å². The maximum atomic E-state index is 5.55. The van der Waals surface area contributed by atoms with Gasteiger partial charge in [0.15, 0.2) is 0 Å². The molecule has 0 aliphatic heterocycles. The highest BCUT2D eigenvalue weighted by Gasteiger charge is 1.93. The molecule has 1 nitrogen and oxygen atoms in total. The van der Waals surface area contributed by atoms with Crippen LogP contribution < -0.4 is 0 Å². The van der Waals surface area contributed by atoms with Gasteiger partial charge < -0.3 is 4.74 Å². The summed E-state index contributed by atoms with van der Waals surface area (Å²) < 4.78 is 5.55. The Balaban J connectivity index is 4.68. The van der Waals surface area contributed by atoms with Crippen LogP contribution in [0, 0.1) is 0 Å². The number of rotatable bonds is 7. The molecule has 0 aromatic heterocycles. The van der Waals surface area contributed by atoms with Crippen molar-refractivity contribution in [1.29, 1.82) is 0 Å². The summed E-state index contributed by atoms with van der Waals surface area (Å²) in [5.74, 6) is 1.34. The van der Waals surface area contributed by atoms with Gasteiger partial charge >= 0.3 is 0 Å². The van der Waals surface area contributed by atoms with Crippen LogP contribution in [0.15, 0.2) is 85.9 Å². The zero-order valence-electron chi connectivity index (χ0n) is 9.73. The quantitative estimate of drug-likeness (QED) is 0.449. The second kappa shape index (κ2) is 9.53. The van der Waals surface area contributed by atoms with E-state index < -0.39 is 0 Å². The maximum absolute atomic E-state index is 5.55. The molecule has 0 aliphatic carbocycles. The molecule has 0 saturated carbocycles. The minimum atomic E-state index is 0.661. The molecule has 16 heavy (non-hydrogen) atoms. The fraction of sp³-hybridized carbons (Fsp3) is 0.0667. The normalized spacial score (nSPS) is 13.1. The zero-order valence-corrected chi connectivity index (χ0v) is 9.73. The van der Waals surface area contributed by atoms with Crippen molar-refractivity contribution in [2.24, 2.45) is 0 Å². The van der Waals surface area contributed by atoms with Gasteiger partial charge in [0.25, 0.3) is 0 Å². The maximum Gasteiger partial charge on any atom is 0.126 e. The average molecular weight is 214 g/mol. The van der Waals surface area contributed by atoms with Crippen molar-refractivity contribution >= 4 is 0 Å². The van der Waals surface area contributed by atoms with Gasteiger partial charge in [0.2, 0.25) is 0 Å². The van der Waals surface area contributed by atoms with Crippen LogP contribution in [0.4, 0.5) is 0 Å².